The van der Waals surface area contributed by atoms with Gasteiger partial charge in [0.15, 0.2) is 0 Å². The average molecular weight is 417 g/mol. The van der Waals surface area contributed by atoms with Crippen molar-refractivity contribution in [3.8, 4) is 0 Å². The van der Waals surface area contributed by atoms with Gasteiger partial charge in [0.05, 0.1) is 25.0 Å². The van der Waals surface area contributed by atoms with E-state index in [2.05, 4.69) is 24.4 Å². The summed E-state index contributed by atoms with van der Waals surface area (Å²) in [5, 5.41) is 2.99. The van der Waals surface area contributed by atoms with E-state index in [1.54, 1.807) is 24.3 Å². The Bertz CT molecular complexity index is 918. The van der Waals surface area contributed by atoms with Gasteiger partial charge in [-0.15, -0.1) is 0 Å². The number of hydrogen-bond acceptors (Lipinski definition) is 4. The van der Waals surface area contributed by atoms with E-state index in [-0.39, 0.29) is 17.7 Å². The first-order valence-electron chi connectivity index (χ1n) is 9.93. The SMILES string of the molecule is CCc1ccc(C(C)NC(=O)c2ccc(CS(=O)(=O)N3CCOCC3)cc2)cc1. The summed E-state index contributed by atoms with van der Waals surface area (Å²) in [7, 11) is -3.38. The zero-order chi connectivity index (χ0) is 20.9. The predicted octanol–water partition coefficient (Wildman–Crippen LogP) is 2.90. The molecule has 29 heavy (non-hydrogen) atoms. The lowest BCUT2D eigenvalue weighted by atomic mass is 10.0. The molecule has 3 rings (SSSR count). The van der Waals surface area contributed by atoms with Crippen molar-refractivity contribution >= 4 is 15.9 Å². The maximum absolute atomic E-state index is 12.5. The zero-order valence-corrected chi connectivity index (χ0v) is 17.7. The average Bonchev–Trinajstić information content (AvgIpc) is 2.74. The summed E-state index contributed by atoms with van der Waals surface area (Å²) < 4.78 is 31.7. The van der Waals surface area contributed by atoms with Gasteiger partial charge in [-0.1, -0.05) is 43.3 Å². The summed E-state index contributed by atoms with van der Waals surface area (Å²) in [6.07, 6.45) is 0.981. The summed E-state index contributed by atoms with van der Waals surface area (Å²) in [6, 6.07) is 14.8. The molecule has 2 aromatic carbocycles. The van der Waals surface area contributed by atoms with Crippen molar-refractivity contribution in [2.24, 2.45) is 0 Å². The van der Waals surface area contributed by atoms with Crippen molar-refractivity contribution in [1.82, 2.24) is 9.62 Å². The van der Waals surface area contributed by atoms with Gasteiger partial charge in [-0.3, -0.25) is 4.79 Å². The van der Waals surface area contributed by atoms with Gasteiger partial charge in [0.25, 0.3) is 5.91 Å². The molecule has 1 atom stereocenters. The fraction of sp³-hybridized carbons (Fsp3) is 0.409. The molecule has 1 fully saturated rings. The van der Waals surface area contributed by atoms with Crippen LogP contribution in [-0.2, 0) is 26.9 Å². The maximum Gasteiger partial charge on any atom is 0.251 e. The lowest BCUT2D eigenvalue weighted by Crippen LogP contribution is -2.41. The van der Waals surface area contributed by atoms with Gasteiger partial charge in [-0.2, -0.15) is 4.31 Å². The number of ether oxygens (including phenoxy) is 1. The molecule has 0 aliphatic carbocycles. The lowest BCUT2D eigenvalue weighted by Gasteiger charge is -2.26. The van der Waals surface area contributed by atoms with Crippen LogP contribution in [0.15, 0.2) is 48.5 Å². The minimum atomic E-state index is -3.38. The lowest BCUT2D eigenvalue weighted by molar-refractivity contribution is 0.0729. The van der Waals surface area contributed by atoms with Crippen LogP contribution in [-0.4, -0.2) is 44.9 Å². The van der Waals surface area contributed by atoms with Crippen LogP contribution in [0, 0.1) is 0 Å². The van der Waals surface area contributed by atoms with Crippen LogP contribution in [0.1, 0.15) is 46.9 Å². The molecule has 7 heteroatoms. The molecule has 2 aromatic rings. The normalized spacial score (nSPS) is 16.3. The third kappa shape index (κ3) is 5.65. The molecular weight excluding hydrogens is 388 g/mol. The maximum atomic E-state index is 12.5. The first kappa shape index (κ1) is 21.5. The predicted molar refractivity (Wildman–Crippen MR) is 113 cm³/mol. The van der Waals surface area contributed by atoms with E-state index in [1.165, 1.54) is 9.87 Å². The number of aryl methyl sites for hydroxylation is 1. The van der Waals surface area contributed by atoms with E-state index in [4.69, 9.17) is 4.74 Å². The minimum absolute atomic E-state index is 0.0743. The van der Waals surface area contributed by atoms with Crippen molar-refractivity contribution in [2.45, 2.75) is 32.1 Å². The van der Waals surface area contributed by atoms with E-state index in [1.807, 2.05) is 19.1 Å². The van der Waals surface area contributed by atoms with Crippen LogP contribution >= 0.6 is 0 Å². The minimum Gasteiger partial charge on any atom is -0.379 e. The number of nitrogens with zero attached hydrogens (tertiary/aromatic N) is 1. The number of carbonyl (C=O) groups is 1. The van der Waals surface area contributed by atoms with E-state index in [0.717, 1.165) is 12.0 Å². The van der Waals surface area contributed by atoms with Crippen molar-refractivity contribution in [2.75, 3.05) is 26.3 Å². The van der Waals surface area contributed by atoms with Crippen molar-refractivity contribution in [1.29, 1.82) is 0 Å². The fourth-order valence-electron chi connectivity index (χ4n) is 3.28. The van der Waals surface area contributed by atoms with Gasteiger partial charge in [-0.25, -0.2) is 8.42 Å². The summed E-state index contributed by atoms with van der Waals surface area (Å²) in [5.41, 5.74) is 3.48. The van der Waals surface area contributed by atoms with Crippen molar-refractivity contribution < 1.29 is 17.9 Å². The second-order valence-corrected chi connectivity index (χ2v) is 9.22. The molecule has 0 aromatic heterocycles. The Morgan fingerprint density at radius 1 is 1.03 bits per heavy atom. The number of sulfonamides is 1. The molecule has 0 radical (unpaired) electrons. The number of nitrogens with one attached hydrogen (secondary N) is 1. The van der Waals surface area contributed by atoms with Gasteiger partial charge in [-0.05, 0) is 42.2 Å². The first-order valence-corrected chi connectivity index (χ1v) is 11.5. The van der Waals surface area contributed by atoms with Crippen LogP contribution in [0.4, 0.5) is 0 Å². The quantitative estimate of drug-likeness (QED) is 0.753. The molecular formula is C22H28N2O4S. The number of carbonyl (C=O) groups excluding carboxylic acids is 1. The van der Waals surface area contributed by atoms with Gasteiger partial charge in [0.1, 0.15) is 0 Å². The van der Waals surface area contributed by atoms with Crippen molar-refractivity contribution in [3.63, 3.8) is 0 Å². The standard InChI is InChI=1S/C22H28N2O4S/c1-3-18-4-8-20(9-5-18)17(2)23-22(25)21-10-6-19(7-11-21)16-29(26,27)24-12-14-28-15-13-24/h4-11,17H,3,12-16H2,1-2H3,(H,23,25). The van der Waals surface area contributed by atoms with Gasteiger partial charge in [0.2, 0.25) is 10.0 Å². The molecule has 0 spiro atoms. The van der Waals surface area contributed by atoms with E-state index >= 15 is 0 Å². The fourth-order valence-corrected chi connectivity index (χ4v) is 4.79. The number of rotatable bonds is 7. The Labute approximate surface area is 172 Å². The first-order chi connectivity index (χ1) is 13.9. The Kier molecular flexibility index (Phi) is 7.05. The number of benzene rings is 2. The Morgan fingerprint density at radius 2 is 1.62 bits per heavy atom. The summed E-state index contributed by atoms with van der Waals surface area (Å²) in [6.45, 7) is 5.69. The van der Waals surface area contributed by atoms with E-state index in [0.29, 0.717) is 37.4 Å². The monoisotopic (exact) mass is 416 g/mol. The third-order valence-corrected chi connectivity index (χ3v) is 7.01. The van der Waals surface area contributed by atoms with E-state index in [9.17, 15) is 13.2 Å². The molecule has 1 saturated heterocycles. The molecule has 1 heterocycles. The molecule has 1 aliphatic rings. The highest BCUT2D eigenvalue weighted by atomic mass is 32.2. The summed E-state index contributed by atoms with van der Waals surface area (Å²) >= 11 is 0. The molecule has 1 N–H and O–H groups in total. The number of hydrogen-bond donors (Lipinski definition) is 1. The number of amides is 1. The van der Waals surface area contributed by atoms with Crippen LogP contribution in [0.2, 0.25) is 0 Å². The molecule has 1 amide bonds. The molecule has 156 valence electrons. The molecule has 0 bridgehead atoms. The van der Waals surface area contributed by atoms with Gasteiger partial charge < -0.3 is 10.1 Å². The van der Waals surface area contributed by atoms with E-state index < -0.39 is 10.0 Å². The van der Waals surface area contributed by atoms with Crippen molar-refractivity contribution in [3.05, 3.63) is 70.8 Å². The second-order valence-electron chi connectivity index (χ2n) is 7.25. The summed E-state index contributed by atoms with van der Waals surface area (Å²) in [5.74, 6) is -0.255. The number of morpholine rings is 1. The molecule has 6 nitrogen and oxygen atoms in total. The van der Waals surface area contributed by atoms with Gasteiger partial charge >= 0.3 is 0 Å². The van der Waals surface area contributed by atoms with Crippen LogP contribution in [0.5, 0.6) is 0 Å². The Hall–Kier alpha value is -2.22. The van der Waals surface area contributed by atoms with Crippen LogP contribution in [0.3, 0.4) is 0 Å². The van der Waals surface area contributed by atoms with Crippen LogP contribution in [0.25, 0.3) is 0 Å². The molecule has 1 aliphatic heterocycles. The smallest absolute Gasteiger partial charge is 0.251 e. The summed E-state index contributed by atoms with van der Waals surface area (Å²) in [4.78, 5) is 12.5. The second kappa shape index (κ2) is 9.52. The molecule has 1 unspecified atom stereocenters. The highest BCUT2D eigenvalue weighted by Crippen LogP contribution is 2.16. The Balaban J connectivity index is 1.60. The Morgan fingerprint density at radius 3 is 2.21 bits per heavy atom. The highest BCUT2D eigenvalue weighted by molar-refractivity contribution is 7.88. The molecule has 0 saturated carbocycles. The highest BCUT2D eigenvalue weighted by Gasteiger charge is 2.24. The largest absolute Gasteiger partial charge is 0.379 e. The van der Waals surface area contributed by atoms with Gasteiger partial charge in [0, 0.05) is 18.7 Å². The topological polar surface area (TPSA) is 75.7 Å². The zero-order valence-electron chi connectivity index (χ0n) is 16.9. The van der Waals surface area contributed by atoms with Crippen LogP contribution < -0.4 is 5.32 Å². The third-order valence-electron chi connectivity index (χ3n) is 5.16.